The average molecular weight is 341 g/mol. The molecule has 0 amide bonds. The molecule has 1 unspecified atom stereocenters. The molecule has 0 radical (unpaired) electrons. The Morgan fingerprint density at radius 3 is 1.67 bits per heavy atom. The Hall–Kier alpha value is -0.370. The largest absolute Gasteiger partial charge is 0.396 e. The van der Waals surface area contributed by atoms with Gasteiger partial charge in [-0.25, -0.2) is 0 Å². The van der Waals surface area contributed by atoms with E-state index in [4.69, 9.17) is 0 Å². The number of hydrogen-bond acceptors (Lipinski definition) is 2. The highest BCUT2D eigenvalue weighted by atomic mass is 16.3. The fourth-order valence-electron chi connectivity index (χ4n) is 3.35. The van der Waals surface area contributed by atoms with Crippen molar-refractivity contribution in [3.63, 3.8) is 0 Å². The van der Waals surface area contributed by atoms with Gasteiger partial charge in [-0.1, -0.05) is 97.3 Å². The summed E-state index contributed by atoms with van der Waals surface area (Å²) in [5.41, 5.74) is 0. The topological polar surface area (TPSA) is 37.3 Å². The molecule has 0 spiro atoms. The zero-order valence-corrected chi connectivity index (χ0v) is 16.7. The summed E-state index contributed by atoms with van der Waals surface area (Å²) >= 11 is 0. The number of carbonyl (C=O) groups is 1. The summed E-state index contributed by atoms with van der Waals surface area (Å²) in [5.74, 6) is 0.572. The van der Waals surface area contributed by atoms with Gasteiger partial charge in [0.2, 0.25) is 0 Å². The van der Waals surface area contributed by atoms with Crippen LogP contribution in [0.15, 0.2) is 0 Å². The molecule has 2 nitrogen and oxygen atoms in total. The molecule has 0 aromatic heterocycles. The van der Waals surface area contributed by atoms with E-state index in [9.17, 15) is 9.90 Å². The Labute approximate surface area is 151 Å². The van der Waals surface area contributed by atoms with Crippen molar-refractivity contribution in [2.45, 2.75) is 123 Å². The highest BCUT2D eigenvalue weighted by molar-refractivity contribution is 5.78. The maximum Gasteiger partial charge on any atom is 0.133 e. The van der Waals surface area contributed by atoms with E-state index >= 15 is 0 Å². The molecule has 0 aliphatic heterocycles. The molecule has 0 heterocycles. The molecule has 0 fully saturated rings. The lowest BCUT2D eigenvalue weighted by molar-refractivity contribution is -0.120. The maximum atomic E-state index is 12.0. The molecule has 0 saturated heterocycles. The number of Topliss-reactive ketones (excluding diaryl/α,β-unsaturated/α-hetero) is 1. The van der Waals surface area contributed by atoms with Crippen molar-refractivity contribution in [2.75, 3.05) is 6.61 Å². The molecule has 1 atom stereocenters. The van der Waals surface area contributed by atoms with E-state index in [0.29, 0.717) is 12.2 Å². The van der Waals surface area contributed by atoms with E-state index < -0.39 is 0 Å². The van der Waals surface area contributed by atoms with Gasteiger partial charge in [0.25, 0.3) is 0 Å². The van der Waals surface area contributed by atoms with E-state index in [0.717, 1.165) is 25.7 Å². The van der Waals surface area contributed by atoms with Gasteiger partial charge in [0.15, 0.2) is 0 Å². The lowest BCUT2D eigenvalue weighted by Gasteiger charge is -2.13. The third-order valence-corrected chi connectivity index (χ3v) is 5.05. The van der Waals surface area contributed by atoms with E-state index in [1.807, 2.05) is 0 Å². The molecule has 144 valence electrons. The van der Waals surface area contributed by atoms with Crippen molar-refractivity contribution in [1.29, 1.82) is 0 Å². The fourth-order valence-corrected chi connectivity index (χ4v) is 3.35. The van der Waals surface area contributed by atoms with Gasteiger partial charge in [-0.15, -0.1) is 0 Å². The van der Waals surface area contributed by atoms with E-state index in [2.05, 4.69) is 13.8 Å². The van der Waals surface area contributed by atoms with E-state index in [-0.39, 0.29) is 12.5 Å². The third kappa shape index (κ3) is 16.5. The van der Waals surface area contributed by atoms with Crippen LogP contribution in [0.1, 0.15) is 123 Å². The molecular weight excluding hydrogens is 296 g/mol. The molecular formula is C22H44O2. The van der Waals surface area contributed by atoms with Gasteiger partial charge >= 0.3 is 0 Å². The number of aliphatic hydroxyl groups is 1. The van der Waals surface area contributed by atoms with Crippen LogP contribution in [0.5, 0.6) is 0 Å². The Bertz CT molecular complexity index is 263. The van der Waals surface area contributed by atoms with Gasteiger partial charge in [0, 0.05) is 19.4 Å². The molecule has 1 N–H and O–H groups in total. The van der Waals surface area contributed by atoms with E-state index in [1.54, 1.807) is 0 Å². The smallest absolute Gasteiger partial charge is 0.133 e. The second-order valence-electron chi connectivity index (χ2n) is 7.57. The quantitative estimate of drug-likeness (QED) is 0.261. The predicted molar refractivity (Wildman–Crippen MR) is 105 cm³/mol. The first-order chi connectivity index (χ1) is 11.7. The van der Waals surface area contributed by atoms with Crippen LogP contribution < -0.4 is 0 Å². The summed E-state index contributed by atoms with van der Waals surface area (Å²) in [6.07, 6.45) is 20.3. The molecule has 0 rings (SSSR count). The zero-order valence-electron chi connectivity index (χ0n) is 16.7. The third-order valence-electron chi connectivity index (χ3n) is 5.05. The second-order valence-corrected chi connectivity index (χ2v) is 7.57. The minimum absolute atomic E-state index is 0.178. The van der Waals surface area contributed by atoms with Crippen LogP contribution in [0, 0.1) is 5.92 Å². The van der Waals surface area contributed by atoms with Gasteiger partial charge in [-0.3, -0.25) is 4.79 Å². The SMILES string of the molecule is CCCCCCCCCCCC(=O)CC(CO)CCCCCCC. The summed E-state index contributed by atoms with van der Waals surface area (Å²) in [6, 6.07) is 0. The minimum Gasteiger partial charge on any atom is -0.396 e. The van der Waals surface area contributed by atoms with Crippen LogP contribution in [0.25, 0.3) is 0 Å². The molecule has 0 saturated carbocycles. The molecule has 0 bridgehead atoms. The molecule has 2 heteroatoms. The first-order valence-electron chi connectivity index (χ1n) is 10.9. The number of hydrogen-bond donors (Lipinski definition) is 1. The van der Waals surface area contributed by atoms with Crippen molar-refractivity contribution in [2.24, 2.45) is 5.92 Å². The Balaban J connectivity index is 3.47. The Morgan fingerprint density at radius 2 is 1.17 bits per heavy atom. The van der Waals surface area contributed by atoms with Crippen molar-refractivity contribution in [3.05, 3.63) is 0 Å². The zero-order chi connectivity index (χ0) is 17.9. The molecule has 0 aromatic rings. The standard InChI is InChI=1S/C22H44O2/c1-3-5-7-9-10-11-12-14-16-18-22(24)19-21(20-23)17-15-13-8-6-4-2/h21,23H,3-20H2,1-2H3. The first kappa shape index (κ1) is 23.6. The molecule has 0 aliphatic carbocycles. The Morgan fingerprint density at radius 1 is 0.708 bits per heavy atom. The van der Waals surface area contributed by atoms with Gasteiger partial charge in [0.05, 0.1) is 0 Å². The van der Waals surface area contributed by atoms with Crippen LogP contribution in [-0.4, -0.2) is 17.5 Å². The van der Waals surface area contributed by atoms with Gasteiger partial charge < -0.3 is 5.11 Å². The van der Waals surface area contributed by atoms with Crippen LogP contribution >= 0.6 is 0 Å². The number of aliphatic hydroxyl groups excluding tert-OH is 1. The van der Waals surface area contributed by atoms with Crippen LogP contribution in [0.3, 0.4) is 0 Å². The molecule has 0 aromatic carbocycles. The predicted octanol–water partition coefficient (Wildman–Crippen LogP) is 6.84. The molecule has 24 heavy (non-hydrogen) atoms. The van der Waals surface area contributed by atoms with Crippen LogP contribution in [0.2, 0.25) is 0 Å². The minimum atomic E-state index is 0.178. The summed E-state index contributed by atoms with van der Waals surface area (Å²) in [7, 11) is 0. The highest BCUT2D eigenvalue weighted by Gasteiger charge is 2.12. The monoisotopic (exact) mass is 340 g/mol. The summed E-state index contributed by atoms with van der Waals surface area (Å²) in [5, 5.41) is 9.46. The lowest BCUT2D eigenvalue weighted by atomic mass is 9.94. The fraction of sp³-hybridized carbons (Fsp3) is 0.955. The second kappa shape index (κ2) is 19.0. The van der Waals surface area contributed by atoms with Crippen LogP contribution in [-0.2, 0) is 4.79 Å². The summed E-state index contributed by atoms with van der Waals surface area (Å²) in [6.45, 7) is 4.66. The Kier molecular flexibility index (Phi) is 18.7. The van der Waals surface area contributed by atoms with Crippen molar-refractivity contribution >= 4 is 5.78 Å². The van der Waals surface area contributed by atoms with Gasteiger partial charge in [0.1, 0.15) is 5.78 Å². The van der Waals surface area contributed by atoms with Crippen molar-refractivity contribution < 1.29 is 9.90 Å². The number of unbranched alkanes of at least 4 members (excludes halogenated alkanes) is 12. The van der Waals surface area contributed by atoms with E-state index in [1.165, 1.54) is 77.0 Å². The number of rotatable bonds is 19. The van der Waals surface area contributed by atoms with Crippen LogP contribution in [0.4, 0.5) is 0 Å². The summed E-state index contributed by atoms with van der Waals surface area (Å²) in [4.78, 5) is 12.0. The highest BCUT2D eigenvalue weighted by Crippen LogP contribution is 2.17. The summed E-state index contributed by atoms with van der Waals surface area (Å²) < 4.78 is 0. The number of carbonyl (C=O) groups excluding carboxylic acids is 1. The van der Waals surface area contributed by atoms with Gasteiger partial charge in [-0.2, -0.15) is 0 Å². The van der Waals surface area contributed by atoms with Gasteiger partial charge in [-0.05, 0) is 18.8 Å². The van der Waals surface area contributed by atoms with Crippen molar-refractivity contribution in [1.82, 2.24) is 0 Å². The normalized spacial score (nSPS) is 12.5. The molecule has 0 aliphatic rings. The maximum absolute atomic E-state index is 12.0. The van der Waals surface area contributed by atoms with Crippen molar-refractivity contribution in [3.8, 4) is 0 Å². The number of ketones is 1. The first-order valence-corrected chi connectivity index (χ1v) is 10.9. The lowest BCUT2D eigenvalue weighted by Crippen LogP contribution is -2.12. The average Bonchev–Trinajstić information content (AvgIpc) is 2.59.